The van der Waals surface area contributed by atoms with E-state index in [4.69, 9.17) is 9.47 Å². The molecule has 3 heterocycles. The summed E-state index contributed by atoms with van der Waals surface area (Å²) in [6.07, 6.45) is -3.16. The molecule has 1 aliphatic rings. The van der Waals surface area contributed by atoms with Crippen molar-refractivity contribution in [3.8, 4) is 16.3 Å². The quantitative estimate of drug-likeness (QED) is 0.451. The van der Waals surface area contributed by atoms with Crippen LogP contribution in [0, 0.1) is 0 Å². The molecule has 0 aliphatic carbocycles. The summed E-state index contributed by atoms with van der Waals surface area (Å²) in [5.41, 5.74) is -0.0409. The lowest BCUT2D eigenvalue weighted by Crippen LogP contribution is -2.42. The molecule has 1 aromatic carbocycles. The summed E-state index contributed by atoms with van der Waals surface area (Å²) < 4.78 is 50.1. The Morgan fingerprint density at radius 1 is 1.32 bits per heavy atom. The van der Waals surface area contributed by atoms with Gasteiger partial charge in [-0.15, -0.1) is 16.4 Å². The van der Waals surface area contributed by atoms with Crippen LogP contribution in [0.25, 0.3) is 10.6 Å². The topological polar surface area (TPSA) is 110 Å². The maximum Gasteiger partial charge on any atom is 0.435 e. The first-order valence-electron chi connectivity index (χ1n) is 11.5. The Hall–Kier alpha value is -3.13. The number of benzene rings is 1. The molecular formula is C24H26F3N5O4S. The number of hydrogen-bond acceptors (Lipinski definition) is 9. The first kappa shape index (κ1) is 26.9. The van der Waals surface area contributed by atoms with E-state index < -0.39 is 23.8 Å². The number of morpholine rings is 1. The zero-order chi connectivity index (χ0) is 26.6. The Balaban J connectivity index is 1.53. The van der Waals surface area contributed by atoms with Crippen molar-refractivity contribution in [2.75, 3.05) is 33.4 Å². The summed E-state index contributed by atoms with van der Waals surface area (Å²) in [5, 5.41) is 19.6. The second kappa shape index (κ2) is 11.5. The van der Waals surface area contributed by atoms with E-state index >= 15 is 0 Å². The highest BCUT2D eigenvalue weighted by atomic mass is 32.1. The maximum absolute atomic E-state index is 13.1. The standard InChI is InChI=1S/C24H26F3N5O4S/c1-14(20-3-4-21(31-30-20)24(25,26)27)29-22(34)15-7-16(23-28-10-19(12-33)37-23)9-17(8-15)36-13-18-11-32(2)5-6-35-18/h3-4,7-10,14,18,33H,5-6,11-13H2,1-2H3,(H,29,34)/t14-,18+/m1/s1. The van der Waals surface area contributed by atoms with Crippen LogP contribution in [0.3, 0.4) is 0 Å². The molecule has 3 aromatic rings. The molecule has 0 spiro atoms. The van der Waals surface area contributed by atoms with Crippen molar-refractivity contribution in [2.45, 2.75) is 31.9 Å². The van der Waals surface area contributed by atoms with Crippen LogP contribution in [0.1, 0.15) is 39.6 Å². The number of carbonyl (C=O) groups excluding carboxylic acids is 1. The van der Waals surface area contributed by atoms with Gasteiger partial charge in [0.2, 0.25) is 0 Å². The smallest absolute Gasteiger partial charge is 0.435 e. The van der Waals surface area contributed by atoms with Gasteiger partial charge in [-0.3, -0.25) is 4.79 Å². The summed E-state index contributed by atoms with van der Waals surface area (Å²) in [7, 11) is 2.00. The van der Waals surface area contributed by atoms with E-state index in [1.54, 1.807) is 31.3 Å². The Morgan fingerprint density at radius 2 is 2.14 bits per heavy atom. The molecule has 0 saturated carbocycles. The zero-order valence-electron chi connectivity index (χ0n) is 20.2. The van der Waals surface area contributed by atoms with Gasteiger partial charge in [-0.2, -0.15) is 18.3 Å². The number of nitrogens with one attached hydrogen (secondary N) is 1. The Labute approximate surface area is 215 Å². The maximum atomic E-state index is 13.1. The van der Waals surface area contributed by atoms with E-state index in [2.05, 4.69) is 25.4 Å². The number of alkyl halides is 3. The summed E-state index contributed by atoms with van der Waals surface area (Å²) in [6, 6.07) is 6.27. The molecule has 198 valence electrons. The monoisotopic (exact) mass is 537 g/mol. The highest BCUT2D eigenvalue weighted by molar-refractivity contribution is 7.15. The molecule has 1 amide bonds. The minimum atomic E-state index is -4.60. The van der Waals surface area contributed by atoms with Crippen LogP contribution >= 0.6 is 11.3 Å². The molecule has 13 heteroatoms. The van der Waals surface area contributed by atoms with Gasteiger partial charge in [-0.05, 0) is 44.3 Å². The van der Waals surface area contributed by atoms with Crippen molar-refractivity contribution in [3.63, 3.8) is 0 Å². The molecule has 2 aromatic heterocycles. The van der Waals surface area contributed by atoms with Crippen LogP contribution in [0.4, 0.5) is 13.2 Å². The second-order valence-corrected chi connectivity index (χ2v) is 9.75. The van der Waals surface area contributed by atoms with Crippen molar-refractivity contribution in [3.05, 3.63) is 58.4 Å². The van der Waals surface area contributed by atoms with Crippen molar-refractivity contribution in [1.82, 2.24) is 25.4 Å². The van der Waals surface area contributed by atoms with Crippen LogP contribution in [0.15, 0.2) is 36.5 Å². The van der Waals surface area contributed by atoms with Gasteiger partial charge >= 0.3 is 6.18 Å². The molecular weight excluding hydrogens is 511 g/mol. The lowest BCUT2D eigenvalue weighted by Gasteiger charge is -2.29. The third kappa shape index (κ3) is 7.01. The average molecular weight is 538 g/mol. The fraction of sp³-hybridized carbons (Fsp3) is 0.417. The number of aliphatic hydroxyl groups excluding tert-OH is 1. The molecule has 0 bridgehead atoms. The fourth-order valence-corrected chi connectivity index (χ4v) is 4.45. The van der Waals surface area contributed by atoms with E-state index in [1.165, 1.54) is 17.4 Å². The Bertz CT molecular complexity index is 1220. The number of aromatic nitrogens is 3. The summed E-state index contributed by atoms with van der Waals surface area (Å²) in [4.78, 5) is 20.3. The zero-order valence-corrected chi connectivity index (χ0v) is 21.0. The van der Waals surface area contributed by atoms with Gasteiger partial charge < -0.3 is 24.8 Å². The summed E-state index contributed by atoms with van der Waals surface area (Å²) in [5.74, 6) is -0.0457. The van der Waals surface area contributed by atoms with Crippen LogP contribution < -0.4 is 10.1 Å². The van der Waals surface area contributed by atoms with Crippen LogP contribution in [0.5, 0.6) is 5.75 Å². The average Bonchev–Trinajstić information content (AvgIpc) is 3.36. The number of likely N-dealkylation sites (N-methyl/N-ethyl adjacent to an activating group) is 1. The van der Waals surface area contributed by atoms with Crippen molar-refractivity contribution >= 4 is 17.2 Å². The predicted octanol–water partition coefficient (Wildman–Crippen LogP) is 3.31. The third-order valence-corrected chi connectivity index (χ3v) is 6.70. The van der Waals surface area contributed by atoms with Gasteiger partial charge in [0.15, 0.2) is 5.69 Å². The molecule has 9 nitrogen and oxygen atoms in total. The Kier molecular flexibility index (Phi) is 8.37. The van der Waals surface area contributed by atoms with Crippen molar-refractivity contribution < 1.29 is 32.5 Å². The lowest BCUT2D eigenvalue weighted by atomic mass is 10.1. The van der Waals surface area contributed by atoms with Crippen LogP contribution in [0.2, 0.25) is 0 Å². The fourth-order valence-electron chi connectivity index (χ4n) is 3.69. The molecule has 1 saturated heterocycles. The highest BCUT2D eigenvalue weighted by Crippen LogP contribution is 2.31. The number of rotatable bonds is 8. The number of amides is 1. The summed E-state index contributed by atoms with van der Waals surface area (Å²) in [6.45, 7) is 3.89. The van der Waals surface area contributed by atoms with E-state index in [1.807, 2.05) is 7.05 Å². The molecule has 4 rings (SSSR count). The Morgan fingerprint density at radius 3 is 2.78 bits per heavy atom. The van der Waals surface area contributed by atoms with Gasteiger partial charge in [-0.1, -0.05) is 0 Å². The molecule has 1 fully saturated rings. The number of aliphatic hydroxyl groups is 1. The van der Waals surface area contributed by atoms with Gasteiger partial charge in [0.05, 0.1) is 29.8 Å². The molecule has 0 unspecified atom stereocenters. The molecule has 0 radical (unpaired) electrons. The first-order chi connectivity index (χ1) is 17.6. The third-order valence-electron chi connectivity index (χ3n) is 5.67. The van der Waals surface area contributed by atoms with E-state index in [0.717, 1.165) is 12.6 Å². The minimum absolute atomic E-state index is 0.126. The molecule has 2 N–H and O–H groups in total. The lowest BCUT2D eigenvalue weighted by molar-refractivity contribution is -0.141. The van der Waals surface area contributed by atoms with Crippen LogP contribution in [-0.4, -0.2) is 70.5 Å². The van der Waals surface area contributed by atoms with Gasteiger partial charge in [0, 0.05) is 30.4 Å². The van der Waals surface area contributed by atoms with E-state index in [9.17, 15) is 23.1 Å². The van der Waals surface area contributed by atoms with E-state index in [-0.39, 0.29) is 30.6 Å². The predicted molar refractivity (Wildman–Crippen MR) is 129 cm³/mol. The number of hydrogen-bond donors (Lipinski definition) is 2. The molecule has 1 aliphatic heterocycles. The van der Waals surface area contributed by atoms with Crippen molar-refractivity contribution in [2.24, 2.45) is 0 Å². The minimum Gasteiger partial charge on any atom is -0.491 e. The number of thiazole rings is 1. The highest BCUT2D eigenvalue weighted by Gasteiger charge is 2.33. The van der Waals surface area contributed by atoms with Gasteiger partial charge in [0.25, 0.3) is 5.91 Å². The first-order valence-corrected chi connectivity index (χ1v) is 12.3. The van der Waals surface area contributed by atoms with E-state index in [0.29, 0.717) is 34.3 Å². The summed E-state index contributed by atoms with van der Waals surface area (Å²) >= 11 is 1.29. The number of ether oxygens (including phenoxy) is 2. The second-order valence-electron chi connectivity index (χ2n) is 8.64. The number of halogens is 3. The number of nitrogens with zero attached hydrogens (tertiary/aromatic N) is 4. The molecule has 37 heavy (non-hydrogen) atoms. The number of carbonyl (C=O) groups is 1. The SMILES string of the molecule is C[C@@H](NC(=O)c1cc(OC[C@@H]2CN(C)CCO2)cc(-c2ncc(CO)s2)c1)c1ccc(C(F)(F)F)nn1. The molecule has 2 atom stereocenters. The van der Waals surface area contributed by atoms with Gasteiger partial charge in [0.1, 0.15) is 23.5 Å². The largest absolute Gasteiger partial charge is 0.491 e. The van der Waals surface area contributed by atoms with Gasteiger partial charge in [-0.25, -0.2) is 4.98 Å². The van der Waals surface area contributed by atoms with Crippen LogP contribution in [-0.2, 0) is 17.5 Å². The normalized spacial score (nSPS) is 17.4. The van der Waals surface area contributed by atoms with Crippen molar-refractivity contribution in [1.29, 1.82) is 0 Å².